The highest BCUT2D eigenvalue weighted by atomic mass is 16.6. The molecule has 0 fully saturated rings. The third-order valence-corrected chi connectivity index (χ3v) is 5.31. The van der Waals surface area contributed by atoms with E-state index in [0.717, 1.165) is 22.0 Å². The fraction of sp³-hybridized carbons (Fsp3) is 0.107. The molecule has 0 aliphatic heterocycles. The number of fused-ring (bicyclic) bond motifs is 1. The van der Waals surface area contributed by atoms with E-state index in [2.05, 4.69) is 15.8 Å². The summed E-state index contributed by atoms with van der Waals surface area (Å²) in [7, 11) is 1.49. The number of carbonyl (C=O) groups is 2. The number of rotatable bonds is 8. The van der Waals surface area contributed by atoms with Crippen LogP contribution in [-0.4, -0.2) is 31.7 Å². The molecular formula is C28H25N3O4. The Kier molecular flexibility index (Phi) is 7.37. The van der Waals surface area contributed by atoms with Gasteiger partial charge in [-0.25, -0.2) is 10.2 Å². The van der Waals surface area contributed by atoms with Crippen molar-refractivity contribution in [1.29, 1.82) is 0 Å². The zero-order valence-corrected chi connectivity index (χ0v) is 19.4. The van der Waals surface area contributed by atoms with Crippen LogP contribution in [0.5, 0.6) is 11.5 Å². The summed E-state index contributed by atoms with van der Waals surface area (Å²) in [5, 5.41) is 8.79. The third-order valence-electron chi connectivity index (χ3n) is 5.31. The number of nitrogens with zero attached hydrogens (tertiary/aromatic N) is 1. The number of esters is 1. The maximum Gasteiger partial charge on any atom is 0.344 e. The van der Waals surface area contributed by atoms with Gasteiger partial charge in [-0.15, -0.1) is 0 Å². The van der Waals surface area contributed by atoms with Crippen LogP contribution in [0.15, 0.2) is 90.0 Å². The molecule has 0 radical (unpaired) electrons. The van der Waals surface area contributed by atoms with Crippen LogP contribution >= 0.6 is 0 Å². The summed E-state index contributed by atoms with van der Waals surface area (Å²) in [5.41, 5.74) is 5.62. The van der Waals surface area contributed by atoms with Crippen LogP contribution in [0.3, 0.4) is 0 Å². The second-order valence-corrected chi connectivity index (χ2v) is 7.84. The zero-order valence-electron chi connectivity index (χ0n) is 19.4. The average Bonchev–Trinajstić information content (AvgIpc) is 2.88. The molecule has 0 atom stereocenters. The maximum absolute atomic E-state index is 12.9. The second-order valence-electron chi connectivity index (χ2n) is 7.84. The van der Waals surface area contributed by atoms with Gasteiger partial charge in [-0.1, -0.05) is 54.1 Å². The number of hydrogen-bond donors (Lipinski definition) is 2. The molecular weight excluding hydrogens is 442 g/mol. The number of ether oxygens (including phenoxy) is 2. The van der Waals surface area contributed by atoms with E-state index in [4.69, 9.17) is 9.47 Å². The Bertz CT molecular complexity index is 1380. The first-order valence-electron chi connectivity index (χ1n) is 11.0. The van der Waals surface area contributed by atoms with Crippen molar-refractivity contribution in [2.75, 3.05) is 19.0 Å². The summed E-state index contributed by atoms with van der Waals surface area (Å²) in [6.07, 6.45) is 1.49. The molecule has 1 amide bonds. The number of hydrogen-bond acceptors (Lipinski definition) is 6. The first-order chi connectivity index (χ1) is 17.0. The van der Waals surface area contributed by atoms with Gasteiger partial charge < -0.3 is 14.8 Å². The standard InChI is InChI=1S/C28H25N3O4/c1-19-10-13-22(14-11-19)29-18-27(32)31-30-17-20-12-15-25(26(16-20)34-2)35-28(33)24-9-5-7-21-6-3-4-8-23(21)24/h3-17,29H,18H2,1-2H3,(H,31,32)/b30-17+. The van der Waals surface area contributed by atoms with Crippen molar-refractivity contribution < 1.29 is 19.1 Å². The highest BCUT2D eigenvalue weighted by Crippen LogP contribution is 2.29. The monoisotopic (exact) mass is 467 g/mol. The fourth-order valence-electron chi connectivity index (χ4n) is 3.48. The number of amides is 1. The topological polar surface area (TPSA) is 89.0 Å². The Labute approximate surface area is 203 Å². The Morgan fingerprint density at radius 2 is 1.69 bits per heavy atom. The summed E-state index contributed by atoms with van der Waals surface area (Å²) in [5.74, 6) is -0.104. The number of aryl methyl sites for hydroxylation is 1. The van der Waals surface area contributed by atoms with Gasteiger partial charge in [0.15, 0.2) is 11.5 Å². The highest BCUT2D eigenvalue weighted by molar-refractivity contribution is 6.05. The van der Waals surface area contributed by atoms with Crippen molar-refractivity contribution >= 4 is 34.6 Å². The number of benzene rings is 4. The van der Waals surface area contributed by atoms with Gasteiger partial charge in [0, 0.05) is 5.69 Å². The van der Waals surface area contributed by atoms with Crippen LogP contribution in [0.25, 0.3) is 10.8 Å². The molecule has 0 aliphatic carbocycles. The predicted molar refractivity (Wildman–Crippen MR) is 137 cm³/mol. The van der Waals surface area contributed by atoms with Gasteiger partial charge in [0.1, 0.15) is 0 Å². The molecule has 7 heteroatoms. The minimum Gasteiger partial charge on any atom is -0.493 e. The molecule has 4 aromatic carbocycles. The first kappa shape index (κ1) is 23.5. The Hall–Kier alpha value is -4.65. The summed E-state index contributed by atoms with van der Waals surface area (Å²) < 4.78 is 11.0. The summed E-state index contributed by atoms with van der Waals surface area (Å²) >= 11 is 0. The highest BCUT2D eigenvalue weighted by Gasteiger charge is 2.15. The normalized spacial score (nSPS) is 10.8. The molecule has 0 aromatic heterocycles. The molecule has 0 heterocycles. The van der Waals surface area contributed by atoms with Crippen molar-refractivity contribution in [1.82, 2.24) is 5.43 Å². The number of carbonyl (C=O) groups excluding carboxylic acids is 2. The predicted octanol–water partition coefficient (Wildman–Crippen LogP) is 4.94. The first-order valence-corrected chi connectivity index (χ1v) is 11.0. The number of nitrogens with one attached hydrogen (secondary N) is 2. The van der Waals surface area contributed by atoms with E-state index in [-0.39, 0.29) is 18.2 Å². The Balaban J connectivity index is 1.37. The van der Waals surface area contributed by atoms with Crippen molar-refractivity contribution in [2.24, 2.45) is 5.10 Å². The maximum atomic E-state index is 12.9. The van der Waals surface area contributed by atoms with Gasteiger partial charge in [0.05, 0.1) is 25.4 Å². The lowest BCUT2D eigenvalue weighted by atomic mass is 10.0. The van der Waals surface area contributed by atoms with Crippen molar-refractivity contribution in [3.8, 4) is 11.5 Å². The smallest absolute Gasteiger partial charge is 0.344 e. The Morgan fingerprint density at radius 3 is 2.49 bits per heavy atom. The minimum absolute atomic E-state index is 0.0901. The van der Waals surface area contributed by atoms with Gasteiger partial charge >= 0.3 is 5.97 Å². The lowest BCUT2D eigenvalue weighted by Gasteiger charge is -2.11. The summed E-state index contributed by atoms with van der Waals surface area (Å²) in [6, 6.07) is 25.9. The molecule has 0 unspecified atom stereocenters. The van der Waals surface area contributed by atoms with Gasteiger partial charge in [0.25, 0.3) is 5.91 Å². The van der Waals surface area contributed by atoms with Crippen LogP contribution in [0, 0.1) is 6.92 Å². The van der Waals surface area contributed by atoms with Crippen LogP contribution in [0.4, 0.5) is 5.69 Å². The Morgan fingerprint density at radius 1 is 0.914 bits per heavy atom. The van der Waals surface area contributed by atoms with E-state index < -0.39 is 5.97 Å². The molecule has 176 valence electrons. The van der Waals surface area contributed by atoms with Crippen LogP contribution < -0.4 is 20.2 Å². The molecule has 0 saturated heterocycles. The van der Waals surface area contributed by atoms with E-state index in [1.54, 1.807) is 24.3 Å². The molecule has 0 aliphatic rings. The average molecular weight is 468 g/mol. The van der Waals surface area contributed by atoms with Gasteiger partial charge in [0.2, 0.25) is 0 Å². The van der Waals surface area contributed by atoms with E-state index in [1.165, 1.54) is 13.3 Å². The van der Waals surface area contributed by atoms with Gasteiger partial charge in [-0.3, -0.25) is 4.79 Å². The van der Waals surface area contributed by atoms with Gasteiger partial charge in [-0.2, -0.15) is 5.10 Å². The van der Waals surface area contributed by atoms with E-state index in [9.17, 15) is 9.59 Å². The van der Waals surface area contributed by atoms with Crippen LogP contribution in [0.2, 0.25) is 0 Å². The van der Waals surface area contributed by atoms with Crippen molar-refractivity contribution in [2.45, 2.75) is 6.92 Å². The number of hydrazone groups is 1. The van der Waals surface area contributed by atoms with E-state index in [1.807, 2.05) is 67.6 Å². The molecule has 2 N–H and O–H groups in total. The summed E-state index contributed by atoms with van der Waals surface area (Å²) in [6.45, 7) is 2.09. The fourth-order valence-corrected chi connectivity index (χ4v) is 3.48. The van der Waals surface area contributed by atoms with Crippen LogP contribution in [-0.2, 0) is 4.79 Å². The molecule has 0 spiro atoms. The van der Waals surface area contributed by atoms with E-state index >= 15 is 0 Å². The zero-order chi connectivity index (χ0) is 24.6. The lowest BCUT2D eigenvalue weighted by Crippen LogP contribution is -2.25. The number of anilines is 1. The molecule has 0 bridgehead atoms. The molecule has 7 nitrogen and oxygen atoms in total. The largest absolute Gasteiger partial charge is 0.493 e. The SMILES string of the molecule is COc1cc(/C=N/NC(=O)CNc2ccc(C)cc2)ccc1OC(=O)c1cccc2ccccc12. The third kappa shape index (κ3) is 6.03. The molecule has 35 heavy (non-hydrogen) atoms. The van der Waals surface area contributed by atoms with E-state index in [0.29, 0.717) is 16.9 Å². The summed E-state index contributed by atoms with van der Waals surface area (Å²) in [4.78, 5) is 24.9. The lowest BCUT2D eigenvalue weighted by molar-refractivity contribution is -0.119. The van der Waals surface area contributed by atoms with Gasteiger partial charge in [-0.05, 0) is 59.7 Å². The molecule has 0 saturated carbocycles. The van der Waals surface area contributed by atoms with Crippen molar-refractivity contribution in [3.05, 3.63) is 102 Å². The minimum atomic E-state index is -0.477. The molecule has 4 rings (SSSR count). The van der Waals surface area contributed by atoms with Crippen LogP contribution in [0.1, 0.15) is 21.5 Å². The molecule has 4 aromatic rings. The van der Waals surface area contributed by atoms with Crippen molar-refractivity contribution in [3.63, 3.8) is 0 Å². The quantitative estimate of drug-likeness (QED) is 0.166. The second kappa shape index (κ2) is 11.0. The number of methoxy groups -OCH3 is 1.